The number of hydrogen-bond acceptors (Lipinski definition) is 4. The van der Waals surface area contributed by atoms with Gasteiger partial charge in [-0.05, 0) is 30.2 Å². The predicted octanol–water partition coefficient (Wildman–Crippen LogP) is 2.17. The van der Waals surface area contributed by atoms with Crippen LogP contribution in [0.3, 0.4) is 0 Å². The zero-order valence-corrected chi connectivity index (χ0v) is 10.6. The van der Waals surface area contributed by atoms with Crippen molar-refractivity contribution in [3.63, 3.8) is 0 Å². The summed E-state index contributed by atoms with van der Waals surface area (Å²) < 4.78 is 43.1. The fraction of sp³-hybridized carbons (Fsp3) is 0.385. The van der Waals surface area contributed by atoms with Gasteiger partial charge in [0.2, 0.25) is 0 Å². The Hall–Kier alpha value is -2.07. The Morgan fingerprint density at radius 3 is 2.50 bits per heavy atom. The standard InChI is InChI=1S/C13H12F3NO3/c1-2-20-12(19)5-8-4-11(13(14,15)16)10(7-18)3-9(8)6-17/h3-4,18H,2,5,7H2,1H3. The average Bonchev–Trinajstić information content (AvgIpc) is 2.37. The highest BCUT2D eigenvalue weighted by atomic mass is 19.4. The van der Waals surface area contributed by atoms with E-state index in [0.29, 0.717) is 6.07 Å². The predicted molar refractivity (Wildman–Crippen MR) is 62.4 cm³/mol. The molecule has 0 heterocycles. The Bertz CT molecular complexity index is 547. The first-order chi connectivity index (χ1) is 9.33. The molecule has 0 aliphatic carbocycles. The summed E-state index contributed by atoms with van der Waals surface area (Å²) in [6.07, 6.45) is -5.10. The zero-order valence-electron chi connectivity index (χ0n) is 10.6. The van der Waals surface area contributed by atoms with Gasteiger partial charge in [0.15, 0.2) is 0 Å². The van der Waals surface area contributed by atoms with Gasteiger partial charge in [-0.2, -0.15) is 18.4 Å². The number of esters is 1. The van der Waals surface area contributed by atoms with Gasteiger partial charge in [-0.15, -0.1) is 0 Å². The van der Waals surface area contributed by atoms with Crippen LogP contribution in [0.25, 0.3) is 0 Å². The summed E-state index contributed by atoms with van der Waals surface area (Å²) >= 11 is 0. The van der Waals surface area contributed by atoms with Crippen LogP contribution in [0.5, 0.6) is 0 Å². The fourth-order valence-corrected chi connectivity index (χ4v) is 1.70. The molecule has 0 saturated heterocycles. The van der Waals surface area contributed by atoms with Crippen LogP contribution in [0.2, 0.25) is 0 Å². The van der Waals surface area contributed by atoms with Crippen LogP contribution in [0.1, 0.15) is 29.2 Å². The lowest BCUT2D eigenvalue weighted by Gasteiger charge is -2.14. The Balaban J connectivity index is 3.30. The van der Waals surface area contributed by atoms with Crippen molar-refractivity contribution < 1.29 is 27.8 Å². The number of carbonyl (C=O) groups is 1. The molecule has 0 aliphatic heterocycles. The van der Waals surface area contributed by atoms with Crippen LogP contribution >= 0.6 is 0 Å². The molecule has 0 fully saturated rings. The molecule has 4 nitrogen and oxygen atoms in total. The lowest BCUT2D eigenvalue weighted by molar-refractivity contribution is -0.143. The quantitative estimate of drug-likeness (QED) is 0.862. The molecule has 0 atom stereocenters. The summed E-state index contributed by atoms with van der Waals surface area (Å²) in [6.45, 7) is 0.823. The van der Waals surface area contributed by atoms with E-state index in [1.807, 2.05) is 0 Å². The topological polar surface area (TPSA) is 70.3 Å². The van der Waals surface area contributed by atoms with Gasteiger partial charge in [0.25, 0.3) is 0 Å². The maximum absolute atomic E-state index is 12.8. The molecule has 0 spiro atoms. The van der Waals surface area contributed by atoms with Gasteiger partial charge in [0, 0.05) is 0 Å². The fourth-order valence-electron chi connectivity index (χ4n) is 1.70. The third-order valence-electron chi connectivity index (χ3n) is 2.57. The Kier molecular flexibility index (Phi) is 5.11. The number of halogens is 3. The number of nitrogens with zero attached hydrogens (tertiary/aromatic N) is 1. The summed E-state index contributed by atoms with van der Waals surface area (Å²) in [6, 6.07) is 3.36. The molecule has 0 radical (unpaired) electrons. The number of ether oxygens (including phenoxy) is 1. The van der Waals surface area contributed by atoms with Crippen molar-refractivity contribution in [2.75, 3.05) is 6.61 Å². The first-order valence-corrected chi connectivity index (χ1v) is 5.73. The van der Waals surface area contributed by atoms with Crippen molar-refractivity contribution in [3.05, 3.63) is 34.4 Å². The van der Waals surface area contributed by atoms with Crippen LogP contribution in [0, 0.1) is 11.3 Å². The van der Waals surface area contributed by atoms with Gasteiger partial charge in [0.1, 0.15) is 0 Å². The number of aliphatic hydroxyl groups is 1. The van der Waals surface area contributed by atoms with E-state index in [9.17, 15) is 18.0 Å². The van der Waals surface area contributed by atoms with Crippen molar-refractivity contribution in [1.29, 1.82) is 5.26 Å². The number of carbonyl (C=O) groups excluding carboxylic acids is 1. The van der Waals surface area contributed by atoms with E-state index in [2.05, 4.69) is 4.74 Å². The highest BCUT2D eigenvalue weighted by Gasteiger charge is 2.34. The van der Waals surface area contributed by atoms with E-state index in [1.54, 1.807) is 13.0 Å². The molecule has 1 aromatic rings. The molecule has 20 heavy (non-hydrogen) atoms. The second-order valence-electron chi connectivity index (χ2n) is 3.92. The van der Waals surface area contributed by atoms with Gasteiger partial charge < -0.3 is 9.84 Å². The van der Waals surface area contributed by atoms with Crippen LogP contribution in [0.15, 0.2) is 12.1 Å². The summed E-state index contributed by atoms with van der Waals surface area (Å²) in [5, 5.41) is 17.9. The van der Waals surface area contributed by atoms with Crippen molar-refractivity contribution >= 4 is 5.97 Å². The molecule has 0 bridgehead atoms. The maximum atomic E-state index is 12.8. The van der Waals surface area contributed by atoms with Crippen molar-refractivity contribution in [2.45, 2.75) is 26.1 Å². The van der Waals surface area contributed by atoms with Gasteiger partial charge in [-0.25, -0.2) is 0 Å². The molecule has 0 amide bonds. The van der Waals surface area contributed by atoms with Crippen molar-refractivity contribution in [1.82, 2.24) is 0 Å². The Labute approximate surface area is 113 Å². The summed E-state index contributed by atoms with van der Waals surface area (Å²) in [7, 11) is 0. The van der Waals surface area contributed by atoms with Gasteiger partial charge in [0.05, 0.1) is 36.8 Å². The van der Waals surface area contributed by atoms with Crippen LogP contribution in [0.4, 0.5) is 13.2 Å². The zero-order chi connectivity index (χ0) is 15.3. The van der Waals surface area contributed by atoms with E-state index in [0.717, 1.165) is 6.07 Å². The summed E-state index contributed by atoms with van der Waals surface area (Å²) in [4.78, 5) is 11.3. The molecule has 0 aliphatic rings. The molecule has 1 N–H and O–H groups in total. The van der Waals surface area contributed by atoms with E-state index in [-0.39, 0.29) is 17.7 Å². The lowest BCUT2D eigenvalue weighted by atomic mass is 9.97. The number of rotatable bonds is 4. The molecular formula is C13H12F3NO3. The molecule has 0 saturated carbocycles. The SMILES string of the molecule is CCOC(=O)Cc1cc(C(F)(F)F)c(CO)cc1C#N. The Morgan fingerprint density at radius 2 is 2.05 bits per heavy atom. The first kappa shape index (κ1) is 16.0. The number of hydrogen-bond donors (Lipinski definition) is 1. The smallest absolute Gasteiger partial charge is 0.416 e. The second-order valence-corrected chi connectivity index (χ2v) is 3.92. The van der Waals surface area contributed by atoms with Crippen LogP contribution < -0.4 is 0 Å². The van der Waals surface area contributed by atoms with Gasteiger partial charge in [-0.1, -0.05) is 0 Å². The maximum Gasteiger partial charge on any atom is 0.416 e. The molecule has 0 unspecified atom stereocenters. The second kappa shape index (κ2) is 6.39. The summed E-state index contributed by atoms with van der Waals surface area (Å²) in [5.74, 6) is -0.714. The van der Waals surface area contributed by atoms with Gasteiger partial charge >= 0.3 is 12.1 Å². The largest absolute Gasteiger partial charge is 0.466 e. The highest BCUT2D eigenvalue weighted by Crippen LogP contribution is 2.34. The summed E-state index contributed by atoms with van der Waals surface area (Å²) in [5.41, 5.74) is -1.62. The van der Waals surface area contributed by atoms with E-state index < -0.39 is 36.3 Å². The molecule has 108 valence electrons. The lowest BCUT2D eigenvalue weighted by Crippen LogP contribution is -2.14. The molecule has 1 aromatic carbocycles. The average molecular weight is 287 g/mol. The van der Waals surface area contributed by atoms with E-state index >= 15 is 0 Å². The monoisotopic (exact) mass is 287 g/mol. The van der Waals surface area contributed by atoms with Crippen molar-refractivity contribution in [3.8, 4) is 6.07 Å². The number of aliphatic hydroxyl groups excluding tert-OH is 1. The third-order valence-corrected chi connectivity index (χ3v) is 2.57. The Morgan fingerprint density at radius 1 is 1.40 bits per heavy atom. The van der Waals surface area contributed by atoms with E-state index in [4.69, 9.17) is 10.4 Å². The van der Waals surface area contributed by atoms with E-state index in [1.165, 1.54) is 0 Å². The normalized spacial score (nSPS) is 11.0. The molecule has 1 rings (SSSR count). The minimum Gasteiger partial charge on any atom is -0.466 e. The number of nitriles is 1. The van der Waals surface area contributed by atoms with Crippen LogP contribution in [-0.2, 0) is 28.7 Å². The van der Waals surface area contributed by atoms with Gasteiger partial charge in [-0.3, -0.25) is 4.79 Å². The van der Waals surface area contributed by atoms with Crippen LogP contribution in [-0.4, -0.2) is 17.7 Å². The molecular weight excluding hydrogens is 275 g/mol. The molecule has 7 heteroatoms. The minimum absolute atomic E-state index is 0.0736. The first-order valence-electron chi connectivity index (χ1n) is 5.73. The number of alkyl halides is 3. The number of benzene rings is 1. The molecule has 0 aromatic heterocycles. The highest BCUT2D eigenvalue weighted by molar-refractivity contribution is 5.73. The third kappa shape index (κ3) is 3.71. The van der Waals surface area contributed by atoms with Crippen molar-refractivity contribution in [2.24, 2.45) is 0 Å². The minimum atomic E-state index is -4.67.